The van der Waals surface area contributed by atoms with Crippen LogP contribution < -0.4 is 10.2 Å². The number of H-pyrrole nitrogens is 1. The number of anilines is 1. The van der Waals surface area contributed by atoms with Crippen LogP contribution in [0, 0.1) is 6.92 Å². The second-order valence-corrected chi connectivity index (χ2v) is 4.98. The van der Waals surface area contributed by atoms with Crippen molar-refractivity contribution in [1.82, 2.24) is 9.97 Å². The second kappa shape index (κ2) is 6.30. The van der Waals surface area contributed by atoms with Crippen LogP contribution in [0.4, 0.5) is 5.95 Å². The van der Waals surface area contributed by atoms with Gasteiger partial charge >= 0.3 is 0 Å². The van der Waals surface area contributed by atoms with E-state index >= 15 is 0 Å². The minimum atomic E-state index is 0.628. The molecule has 0 aliphatic carbocycles. The van der Waals surface area contributed by atoms with E-state index in [1.807, 2.05) is 43.3 Å². The molecule has 3 rings (SSSR count). The number of rotatable bonds is 5. The zero-order chi connectivity index (χ0) is 15.4. The normalized spacial score (nSPS) is 11.2. The molecule has 22 heavy (non-hydrogen) atoms. The molecule has 5 heteroatoms. The van der Waals surface area contributed by atoms with Gasteiger partial charge in [0.1, 0.15) is 5.75 Å². The van der Waals surface area contributed by atoms with E-state index in [1.165, 1.54) is 5.56 Å². The molecule has 2 N–H and O–H groups in total. The van der Waals surface area contributed by atoms with Crippen LogP contribution in [0.3, 0.4) is 0 Å². The van der Waals surface area contributed by atoms with Crippen LogP contribution in [0.25, 0.3) is 11.0 Å². The first-order valence-electron chi connectivity index (χ1n) is 7.23. The van der Waals surface area contributed by atoms with E-state index < -0.39 is 0 Å². The number of ether oxygens (including phenoxy) is 1. The Hall–Kier alpha value is -2.82. The predicted molar refractivity (Wildman–Crippen MR) is 89.7 cm³/mol. The Bertz CT molecular complexity index is 790. The third-order valence-corrected chi connectivity index (χ3v) is 3.21. The van der Waals surface area contributed by atoms with Crippen LogP contribution in [-0.4, -0.2) is 22.8 Å². The number of nitrogens with zero attached hydrogens (tertiary/aromatic N) is 2. The number of benzene rings is 2. The van der Waals surface area contributed by atoms with Gasteiger partial charge in [-0.05, 0) is 61.4 Å². The lowest BCUT2D eigenvalue weighted by atomic mass is 10.2. The van der Waals surface area contributed by atoms with Crippen molar-refractivity contribution in [2.45, 2.75) is 13.8 Å². The summed E-state index contributed by atoms with van der Waals surface area (Å²) in [5.74, 6) is 1.49. The van der Waals surface area contributed by atoms with Crippen molar-refractivity contribution in [2.24, 2.45) is 5.10 Å². The number of nitrogens with one attached hydrogen (secondary N) is 2. The molecule has 0 saturated carbocycles. The maximum absolute atomic E-state index is 5.40. The highest BCUT2D eigenvalue weighted by Gasteiger charge is 2.01. The molecule has 2 aromatic carbocycles. The number of aromatic amines is 1. The molecular formula is C17H18N4O. The fourth-order valence-corrected chi connectivity index (χ4v) is 2.16. The van der Waals surface area contributed by atoms with Crippen molar-refractivity contribution in [3.63, 3.8) is 0 Å². The smallest absolute Gasteiger partial charge is 0.222 e. The lowest BCUT2D eigenvalue weighted by Crippen LogP contribution is -1.93. The maximum Gasteiger partial charge on any atom is 0.222 e. The van der Waals surface area contributed by atoms with E-state index in [0.717, 1.165) is 22.3 Å². The highest BCUT2D eigenvalue weighted by molar-refractivity contribution is 5.81. The minimum Gasteiger partial charge on any atom is -0.494 e. The van der Waals surface area contributed by atoms with E-state index in [2.05, 4.69) is 33.5 Å². The van der Waals surface area contributed by atoms with Gasteiger partial charge in [0.25, 0.3) is 0 Å². The highest BCUT2D eigenvalue weighted by Crippen LogP contribution is 2.15. The van der Waals surface area contributed by atoms with E-state index in [0.29, 0.717) is 12.6 Å². The van der Waals surface area contributed by atoms with Gasteiger partial charge in [-0.1, -0.05) is 6.07 Å². The highest BCUT2D eigenvalue weighted by atomic mass is 16.5. The molecule has 5 nitrogen and oxygen atoms in total. The summed E-state index contributed by atoms with van der Waals surface area (Å²) in [6.07, 6.45) is 1.74. The summed E-state index contributed by atoms with van der Waals surface area (Å²) in [5, 5.41) is 4.20. The van der Waals surface area contributed by atoms with Gasteiger partial charge in [-0.3, -0.25) is 0 Å². The largest absolute Gasteiger partial charge is 0.494 e. The van der Waals surface area contributed by atoms with E-state index in [-0.39, 0.29) is 0 Å². The number of hydrogen-bond donors (Lipinski definition) is 2. The summed E-state index contributed by atoms with van der Waals surface area (Å²) >= 11 is 0. The zero-order valence-corrected chi connectivity index (χ0v) is 12.6. The van der Waals surface area contributed by atoms with E-state index in [4.69, 9.17) is 4.74 Å². The molecule has 0 atom stereocenters. The van der Waals surface area contributed by atoms with Gasteiger partial charge in [0.15, 0.2) is 0 Å². The van der Waals surface area contributed by atoms with Gasteiger partial charge in [0.05, 0.1) is 23.9 Å². The number of fused-ring (bicyclic) bond motifs is 1. The first-order chi connectivity index (χ1) is 10.7. The SMILES string of the molecule is CCOc1ccc(/C=N\Nc2nc3ccc(C)cc3[nH]2)cc1. The monoisotopic (exact) mass is 294 g/mol. The Morgan fingerprint density at radius 2 is 2.05 bits per heavy atom. The number of hydrazone groups is 1. The van der Waals surface area contributed by atoms with Crippen LogP contribution in [-0.2, 0) is 0 Å². The Morgan fingerprint density at radius 3 is 2.82 bits per heavy atom. The average molecular weight is 294 g/mol. The molecule has 0 unspecified atom stereocenters. The van der Waals surface area contributed by atoms with E-state index in [9.17, 15) is 0 Å². The fraction of sp³-hybridized carbons (Fsp3) is 0.176. The van der Waals surface area contributed by atoms with Gasteiger partial charge in [-0.25, -0.2) is 10.4 Å². The molecule has 0 aliphatic rings. The molecule has 112 valence electrons. The summed E-state index contributed by atoms with van der Waals surface area (Å²) in [7, 11) is 0. The average Bonchev–Trinajstić information content (AvgIpc) is 2.91. The Labute approximate surface area is 129 Å². The number of aromatic nitrogens is 2. The number of aryl methyl sites for hydroxylation is 1. The third-order valence-electron chi connectivity index (χ3n) is 3.21. The molecule has 0 fully saturated rings. The van der Waals surface area contributed by atoms with Gasteiger partial charge in [-0.15, -0.1) is 0 Å². The topological polar surface area (TPSA) is 62.3 Å². The van der Waals surface area contributed by atoms with Crippen LogP contribution in [0.5, 0.6) is 5.75 Å². The summed E-state index contributed by atoms with van der Waals surface area (Å²) in [5.41, 5.74) is 7.02. The molecule has 1 aromatic heterocycles. The quantitative estimate of drug-likeness (QED) is 0.557. The molecule has 0 bridgehead atoms. The predicted octanol–water partition coefficient (Wildman–Crippen LogP) is 3.72. The molecule has 0 radical (unpaired) electrons. The van der Waals surface area contributed by atoms with Crippen molar-refractivity contribution in [2.75, 3.05) is 12.0 Å². The summed E-state index contributed by atoms with van der Waals surface area (Å²) in [6.45, 7) is 4.69. The summed E-state index contributed by atoms with van der Waals surface area (Å²) in [4.78, 5) is 7.62. The molecule has 0 spiro atoms. The Balaban J connectivity index is 1.67. The molecule has 3 aromatic rings. The van der Waals surface area contributed by atoms with Gasteiger partial charge < -0.3 is 9.72 Å². The number of imidazole rings is 1. The summed E-state index contributed by atoms with van der Waals surface area (Å²) in [6, 6.07) is 13.8. The van der Waals surface area contributed by atoms with Gasteiger partial charge in [0, 0.05) is 0 Å². The fourth-order valence-electron chi connectivity index (χ4n) is 2.16. The minimum absolute atomic E-state index is 0.628. The van der Waals surface area contributed by atoms with Crippen molar-refractivity contribution >= 4 is 23.2 Å². The van der Waals surface area contributed by atoms with Crippen molar-refractivity contribution < 1.29 is 4.74 Å². The standard InChI is InChI=1S/C17H18N4O/c1-3-22-14-7-5-13(6-8-14)11-18-21-17-19-15-9-4-12(2)10-16(15)20-17/h4-11H,3H2,1-2H3,(H2,19,20,21)/b18-11-. The zero-order valence-electron chi connectivity index (χ0n) is 12.6. The molecule has 0 saturated heterocycles. The molecule has 0 aliphatic heterocycles. The molecule has 1 heterocycles. The van der Waals surface area contributed by atoms with Gasteiger partial charge in [0.2, 0.25) is 5.95 Å². The second-order valence-electron chi connectivity index (χ2n) is 4.98. The van der Waals surface area contributed by atoms with Crippen molar-refractivity contribution in [3.05, 3.63) is 53.6 Å². The summed E-state index contributed by atoms with van der Waals surface area (Å²) < 4.78 is 5.40. The first kappa shape index (κ1) is 14.1. The van der Waals surface area contributed by atoms with Crippen LogP contribution in [0.2, 0.25) is 0 Å². The third kappa shape index (κ3) is 3.25. The van der Waals surface area contributed by atoms with Crippen molar-refractivity contribution in [1.29, 1.82) is 0 Å². The van der Waals surface area contributed by atoms with E-state index in [1.54, 1.807) is 6.21 Å². The Kier molecular flexibility index (Phi) is 4.05. The van der Waals surface area contributed by atoms with Crippen LogP contribution in [0.15, 0.2) is 47.6 Å². The van der Waals surface area contributed by atoms with Crippen LogP contribution in [0.1, 0.15) is 18.1 Å². The molecule has 0 amide bonds. The van der Waals surface area contributed by atoms with Crippen LogP contribution >= 0.6 is 0 Å². The maximum atomic E-state index is 5.40. The molecular weight excluding hydrogens is 276 g/mol. The lowest BCUT2D eigenvalue weighted by molar-refractivity contribution is 0.340. The lowest BCUT2D eigenvalue weighted by Gasteiger charge is -2.01. The first-order valence-corrected chi connectivity index (χ1v) is 7.23. The van der Waals surface area contributed by atoms with Gasteiger partial charge in [-0.2, -0.15) is 5.10 Å². The Morgan fingerprint density at radius 1 is 1.23 bits per heavy atom. The van der Waals surface area contributed by atoms with Crippen molar-refractivity contribution in [3.8, 4) is 5.75 Å². The number of hydrogen-bond acceptors (Lipinski definition) is 4.